The third-order valence-electron chi connectivity index (χ3n) is 1.90. The molecule has 13 heavy (non-hydrogen) atoms. The summed E-state index contributed by atoms with van der Waals surface area (Å²) in [5, 5.41) is 20.8. The molecule has 0 aliphatic rings. The lowest BCUT2D eigenvalue weighted by atomic mass is 10.1. The molecule has 0 spiro atoms. The first-order valence-corrected chi connectivity index (χ1v) is 3.95. The van der Waals surface area contributed by atoms with Gasteiger partial charge in [-0.1, -0.05) is 6.07 Å². The average molecular weight is 185 g/mol. The number of aliphatic hydroxyl groups excluding tert-OH is 1. The van der Waals surface area contributed by atoms with Crippen LogP contribution >= 0.6 is 0 Å². The normalized spacial score (nSPS) is 12.8. The summed E-state index contributed by atoms with van der Waals surface area (Å²) in [4.78, 5) is 0. The smallest absolute Gasteiger partial charge is 0.164 e. The number of phenolic OH excluding ortho intramolecular Hbond substituents is 1. The molecule has 1 atom stereocenters. The van der Waals surface area contributed by atoms with E-state index in [0.29, 0.717) is 5.56 Å². The second-order valence-electron chi connectivity index (χ2n) is 2.73. The molecule has 3 nitrogen and oxygen atoms in total. The van der Waals surface area contributed by atoms with Crippen molar-refractivity contribution in [2.45, 2.75) is 6.04 Å². The summed E-state index contributed by atoms with van der Waals surface area (Å²) in [5.74, 6) is -1.05. The van der Waals surface area contributed by atoms with Crippen LogP contribution in [-0.2, 0) is 0 Å². The number of rotatable bonds is 3. The number of phenols is 1. The van der Waals surface area contributed by atoms with Crippen LogP contribution < -0.4 is 5.32 Å². The van der Waals surface area contributed by atoms with Gasteiger partial charge in [0.1, 0.15) is 0 Å². The highest BCUT2D eigenvalue weighted by molar-refractivity contribution is 5.31. The van der Waals surface area contributed by atoms with Crippen LogP contribution in [0.3, 0.4) is 0 Å². The molecule has 0 amide bonds. The number of aromatic hydroxyl groups is 1. The molecule has 0 saturated carbocycles. The van der Waals surface area contributed by atoms with Gasteiger partial charge in [0.2, 0.25) is 0 Å². The Morgan fingerprint density at radius 2 is 2.23 bits per heavy atom. The van der Waals surface area contributed by atoms with Crippen LogP contribution in [0.15, 0.2) is 18.2 Å². The van der Waals surface area contributed by atoms with E-state index < -0.39 is 11.6 Å². The Balaban J connectivity index is 2.95. The molecule has 0 aromatic heterocycles. The quantitative estimate of drug-likeness (QED) is 0.652. The third-order valence-corrected chi connectivity index (χ3v) is 1.90. The number of likely N-dealkylation sites (N-methyl/N-ethyl adjacent to an activating group) is 1. The lowest BCUT2D eigenvalue weighted by Crippen LogP contribution is -2.19. The minimum atomic E-state index is -0.656. The maximum Gasteiger partial charge on any atom is 0.164 e. The van der Waals surface area contributed by atoms with Gasteiger partial charge >= 0.3 is 0 Å². The lowest BCUT2D eigenvalue weighted by molar-refractivity contribution is 0.250. The molecule has 0 unspecified atom stereocenters. The number of halogens is 1. The van der Waals surface area contributed by atoms with Crippen molar-refractivity contribution in [1.29, 1.82) is 0 Å². The van der Waals surface area contributed by atoms with E-state index in [0.717, 1.165) is 0 Å². The fourth-order valence-electron chi connectivity index (χ4n) is 1.11. The van der Waals surface area contributed by atoms with Gasteiger partial charge in [-0.3, -0.25) is 0 Å². The first-order chi connectivity index (χ1) is 6.19. The molecule has 0 heterocycles. The van der Waals surface area contributed by atoms with Gasteiger partial charge in [0.25, 0.3) is 0 Å². The fraction of sp³-hybridized carbons (Fsp3) is 0.333. The summed E-state index contributed by atoms with van der Waals surface area (Å²) in [6, 6.07) is 3.72. The molecule has 0 aliphatic carbocycles. The molecule has 3 N–H and O–H groups in total. The maximum atomic E-state index is 12.6. The molecule has 1 aromatic rings. The first-order valence-electron chi connectivity index (χ1n) is 3.95. The Labute approximate surface area is 75.8 Å². The van der Waals surface area contributed by atoms with Crippen LogP contribution in [0.25, 0.3) is 0 Å². The second-order valence-corrected chi connectivity index (χ2v) is 2.73. The lowest BCUT2D eigenvalue weighted by Gasteiger charge is -2.13. The van der Waals surface area contributed by atoms with E-state index >= 15 is 0 Å². The summed E-state index contributed by atoms with van der Waals surface area (Å²) >= 11 is 0. The average Bonchev–Trinajstić information content (AvgIpc) is 2.13. The van der Waals surface area contributed by atoms with Crippen LogP contribution in [0.2, 0.25) is 0 Å². The van der Waals surface area contributed by atoms with Crippen LogP contribution in [0.5, 0.6) is 5.75 Å². The second kappa shape index (κ2) is 4.20. The van der Waals surface area contributed by atoms with Crippen molar-refractivity contribution >= 4 is 0 Å². The zero-order valence-electron chi connectivity index (χ0n) is 7.29. The van der Waals surface area contributed by atoms with Crippen molar-refractivity contribution in [3.05, 3.63) is 29.6 Å². The Hall–Kier alpha value is -1.13. The van der Waals surface area contributed by atoms with E-state index in [1.807, 2.05) is 0 Å². The number of aliphatic hydroxyl groups is 1. The SMILES string of the molecule is CN[C@@H](CO)c1ccc(F)c(O)c1. The van der Waals surface area contributed by atoms with Crippen molar-refractivity contribution < 1.29 is 14.6 Å². The maximum absolute atomic E-state index is 12.6. The molecule has 0 saturated heterocycles. The van der Waals surface area contributed by atoms with Gasteiger partial charge < -0.3 is 15.5 Å². The molecule has 1 rings (SSSR count). The number of nitrogens with one attached hydrogen (secondary N) is 1. The van der Waals surface area contributed by atoms with E-state index in [-0.39, 0.29) is 12.6 Å². The Morgan fingerprint density at radius 3 is 2.69 bits per heavy atom. The molecule has 0 radical (unpaired) electrons. The zero-order valence-corrected chi connectivity index (χ0v) is 7.29. The zero-order chi connectivity index (χ0) is 9.84. The van der Waals surface area contributed by atoms with Crippen molar-refractivity contribution in [1.82, 2.24) is 5.32 Å². The van der Waals surface area contributed by atoms with Crippen molar-refractivity contribution in [2.75, 3.05) is 13.7 Å². The van der Waals surface area contributed by atoms with Crippen LogP contribution in [0, 0.1) is 5.82 Å². The van der Waals surface area contributed by atoms with Gasteiger partial charge in [0.05, 0.1) is 12.6 Å². The highest BCUT2D eigenvalue weighted by Crippen LogP contribution is 2.20. The Bertz CT molecular complexity index is 287. The van der Waals surface area contributed by atoms with Gasteiger partial charge in [-0.25, -0.2) is 4.39 Å². The van der Waals surface area contributed by atoms with Gasteiger partial charge in [-0.05, 0) is 24.7 Å². The minimum Gasteiger partial charge on any atom is -0.505 e. The highest BCUT2D eigenvalue weighted by Gasteiger charge is 2.09. The molecule has 0 fully saturated rings. The van der Waals surface area contributed by atoms with E-state index in [2.05, 4.69) is 5.32 Å². The molecule has 1 aromatic carbocycles. The summed E-state index contributed by atoms with van der Waals surface area (Å²) in [6.45, 7) is -0.0957. The van der Waals surface area contributed by atoms with Crippen molar-refractivity contribution in [2.24, 2.45) is 0 Å². The summed E-state index contributed by atoms with van der Waals surface area (Å²) < 4.78 is 12.6. The van der Waals surface area contributed by atoms with E-state index in [1.165, 1.54) is 18.2 Å². The molecule has 0 bridgehead atoms. The monoisotopic (exact) mass is 185 g/mol. The van der Waals surface area contributed by atoms with Crippen molar-refractivity contribution in [3.8, 4) is 5.75 Å². The van der Waals surface area contributed by atoms with E-state index in [9.17, 15) is 4.39 Å². The molecular formula is C9H12FNO2. The molecule has 0 aliphatic heterocycles. The first kappa shape index (κ1) is 9.95. The van der Waals surface area contributed by atoms with E-state index in [4.69, 9.17) is 10.2 Å². The minimum absolute atomic E-state index is 0.0957. The number of hydrogen-bond acceptors (Lipinski definition) is 3. The van der Waals surface area contributed by atoms with Crippen LogP contribution in [0.4, 0.5) is 4.39 Å². The van der Waals surface area contributed by atoms with Gasteiger partial charge in [-0.2, -0.15) is 0 Å². The summed E-state index contributed by atoms with van der Waals surface area (Å²) in [7, 11) is 1.68. The van der Waals surface area contributed by atoms with Crippen LogP contribution in [0.1, 0.15) is 11.6 Å². The topological polar surface area (TPSA) is 52.5 Å². The predicted molar refractivity (Wildman–Crippen MR) is 47.0 cm³/mol. The third kappa shape index (κ3) is 2.17. The van der Waals surface area contributed by atoms with Gasteiger partial charge in [0.15, 0.2) is 11.6 Å². The summed E-state index contributed by atoms with van der Waals surface area (Å²) in [5.41, 5.74) is 0.656. The highest BCUT2D eigenvalue weighted by atomic mass is 19.1. The fourth-order valence-corrected chi connectivity index (χ4v) is 1.11. The standard InChI is InChI=1S/C9H12FNO2/c1-11-8(5-12)6-2-3-7(10)9(13)4-6/h2-4,8,11-13H,5H2,1H3/t8-/m0/s1. The van der Waals surface area contributed by atoms with E-state index in [1.54, 1.807) is 7.05 Å². The largest absolute Gasteiger partial charge is 0.505 e. The predicted octanol–water partition coefficient (Wildman–Crippen LogP) is 0.784. The van der Waals surface area contributed by atoms with Gasteiger partial charge in [-0.15, -0.1) is 0 Å². The number of hydrogen-bond donors (Lipinski definition) is 3. The molecular weight excluding hydrogens is 173 g/mol. The van der Waals surface area contributed by atoms with Gasteiger partial charge in [0, 0.05) is 0 Å². The molecule has 72 valence electrons. The summed E-state index contributed by atoms with van der Waals surface area (Å²) in [6.07, 6.45) is 0. The Kier molecular flexibility index (Phi) is 3.22. The molecule has 4 heteroatoms. The Morgan fingerprint density at radius 1 is 1.54 bits per heavy atom. The van der Waals surface area contributed by atoms with Crippen LogP contribution in [-0.4, -0.2) is 23.9 Å². The number of benzene rings is 1. The van der Waals surface area contributed by atoms with Crippen molar-refractivity contribution in [3.63, 3.8) is 0 Å².